The van der Waals surface area contributed by atoms with Crippen LogP contribution in [-0.2, 0) is 6.42 Å². The molecule has 0 bridgehead atoms. The number of aldehydes is 1. The second kappa shape index (κ2) is 5.98. The maximum atomic E-state index is 10.9. The fraction of sp³-hybridized carbons (Fsp3) is 0.154. The van der Waals surface area contributed by atoms with Gasteiger partial charge in [0.25, 0.3) is 0 Å². The van der Waals surface area contributed by atoms with E-state index in [-0.39, 0.29) is 0 Å². The van der Waals surface area contributed by atoms with Crippen LogP contribution in [0.5, 0.6) is 5.75 Å². The number of hydrogen-bond donors (Lipinski definition) is 0. The third kappa shape index (κ3) is 3.17. The topological polar surface area (TPSA) is 26.3 Å². The summed E-state index contributed by atoms with van der Waals surface area (Å²) in [6, 6.07) is 7.51. The van der Waals surface area contributed by atoms with E-state index in [1.807, 2.05) is 17.5 Å². The lowest BCUT2D eigenvalue weighted by Crippen LogP contribution is -2.03. The highest BCUT2D eigenvalue weighted by molar-refractivity contribution is 9.10. The van der Waals surface area contributed by atoms with Gasteiger partial charge >= 0.3 is 0 Å². The van der Waals surface area contributed by atoms with E-state index in [1.165, 1.54) is 5.56 Å². The summed E-state index contributed by atoms with van der Waals surface area (Å²) in [5, 5.41) is 4.15. The van der Waals surface area contributed by atoms with Gasteiger partial charge in [0.1, 0.15) is 5.75 Å². The van der Waals surface area contributed by atoms with E-state index in [4.69, 9.17) is 4.74 Å². The predicted molar refractivity (Wildman–Crippen MR) is 73.0 cm³/mol. The first-order valence-corrected chi connectivity index (χ1v) is 6.92. The third-order valence-electron chi connectivity index (χ3n) is 2.34. The minimum absolute atomic E-state index is 0.570. The van der Waals surface area contributed by atoms with Crippen molar-refractivity contribution in [2.45, 2.75) is 6.42 Å². The van der Waals surface area contributed by atoms with Crippen LogP contribution in [0.15, 0.2) is 39.5 Å². The summed E-state index contributed by atoms with van der Waals surface area (Å²) >= 11 is 5.06. The van der Waals surface area contributed by atoms with Gasteiger partial charge in [-0.2, -0.15) is 11.3 Å². The van der Waals surface area contributed by atoms with Gasteiger partial charge in [-0.15, -0.1) is 0 Å². The van der Waals surface area contributed by atoms with Gasteiger partial charge < -0.3 is 4.74 Å². The number of benzene rings is 1. The number of rotatable bonds is 5. The van der Waals surface area contributed by atoms with Crippen LogP contribution in [0.3, 0.4) is 0 Å². The first-order valence-electron chi connectivity index (χ1n) is 5.19. The summed E-state index contributed by atoms with van der Waals surface area (Å²) in [6.07, 6.45) is 1.66. The molecule has 1 aromatic carbocycles. The number of thiophene rings is 1. The smallest absolute Gasteiger partial charge is 0.153 e. The quantitative estimate of drug-likeness (QED) is 0.782. The highest BCUT2D eigenvalue weighted by Crippen LogP contribution is 2.28. The lowest BCUT2D eigenvalue weighted by atomic mass is 10.2. The molecule has 2 aromatic rings. The highest BCUT2D eigenvalue weighted by Gasteiger charge is 2.07. The Kier molecular flexibility index (Phi) is 4.34. The van der Waals surface area contributed by atoms with E-state index in [0.717, 1.165) is 17.2 Å². The molecule has 0 spiro atoms. The van der Waals surface area contributed by atoms with Crippen LogP contribution >= 0.6 is 27.3 Å². The Morgan fingerprint density at radius 1 is 1.35 bits per heavy atom. The second-order valence-electron chi connectivity index (χ2n) is 3.51. The molecule has 0 fully saturated rings. The first kappa shape index (κ1) is 12.3. The van der Waals surface area contributed by atoms with Gasteiger partial charge in [-0.3, -0.25) is 4.79 Å². The average molecular weight is 311 g/mol. The monoisotopic (exact) mass is 310 g/mol. The number of halogens is 1. The van der Waals surface area contributed by atoms with Crippen molar-refractivity contribution in [3.05, 3.63) is 50.6 Å². The Morgan fingerprint density at radius 3 is 2.94 bits per heavy atom. The molecule has 0 atom stereocenters. The molecule has 0 unspecified atom stereocenters. The molecule has 0 saturated heterocycles. The summed E-state index contributed by atoms with van der Waals surface area (Å²) in [4.78, 5) is 10.9. The molecule has 0 radical (unpaired) electrons. The molecule has 0 aliphatic heterocycles. The van der Waals surface area contributed by atoms with Gasteiger partial charge in [0.05, 0.1) is 16.6 Å². The lowest BCUT2D eigenvalue weighted by molar-refractivity contribution is 0.111. The molecule has 2 nitrogen and oxygen atoms in total. The summed E-state index contributed by atoms with van der Waals surface area (Å²) in [5.41, 5.74) is 1.83. The molecular weight excluding hydrogens is 300 g/mol. The van der Waals surface area contributed by atoms with Crippen LogP contribution in [0.1, 0.15) is 15.9 Å². The molecule has 0 aliphatic carbocycles. The van der Waals surface area contributed by atoms with Gasteiger partial charge in [0.15, 0.2) is 6.29 Å². The number of carbonyl (C=O) groups is 1. The summed E-state index contributed by atoms with van der Waals surface area (Å²) in [7, 11) is 0. The molecule has 17 heavy (non-hydrogen) atoms. The van der Waals surface area contributed by atoms with Gasteiger partial charge in [0.2, 0.25) is 0 Å². The van der Waals surface area contributed by atoms with E-state index in [0.29, 0.717) is 17.9 Å². The van der Waals surface area contributed by atoms with Gasteiger partial charge in [-0.25, -0.2) is 0 Å². The molecule has 1 aromatic heterocycles. The predicted octanol–water partition coefficient (Wildman–Crippen LogP) is 3.94. The number of hydrogen-bond acceptors (Lipinski definition) is 3. The van der Waals surface area contributed by atoms with Crippen LogP contribution in [0, 0.1) is 0 Å². The van der Waals surface area contributed by atoms with Crippen LogP contribution in [0.4, 0.5) is 0 Å². The van der Waals surface area contributed by atoms with Crippen molar-refractivity contribution >= 4 is 33.6 Å². The highest BCUT2D eigenvalue weighted by atomic mass is 79.9. The Labute approximate surface area is 112 Å². The van der Waals surface area contributed by atoms with Crippen molar-refractivity contribution in [1.29, 1.82) is 0 Å². The van der Waals surface area contributed by atoms with Crippen LogP contribution in [0.2, 0.25) is 0 Å². The second-order valence-corrected chi connectivity index (χ2v) is 5.14. The Balaban J connectivity index is 2.01. The van der Waals surface area contributed by atoms with E-state index < -0.39 is 0 Å². The molecule has 1 heterocycles. The third-order valence-corrected chi connectivity index (χ3v) is 3.70. The zero-order chi connectivity index (χ0) is 12.1. The molecule has 0 N–H and O–H groups in total. The largest absolute Gasteiger partial charge is 0.491 e. The molecular formula is C13H11BrO2S. The fourth-order valence-corrected chi connectivity index (χ4v) is 2.68. The Hall–Kier alpha value is -1.13. The lowest BCUT2D eigenvalue weighted by Gasteiger charge is -2.09. The molecule has 0 aliphatic rings. The SMILES string of the molecule is O=Cc1cccc(Br)c1OCCc1ccsc1. The van der Waals surface area contributed by atoms with Gasteiger partial charge in [-0.05, 0) is 50.5 Å². The van der Waals surface area contributed by atoms with Crippen molar-refractivity contribution in [2.24, 2.45) is 0 Å². The van der Waals surface area contributed by atoms with Crippen molar-refractivity contribution in [1.82, 2.24) is 0 Å². The van der Waals surface area contributed by atoms with E-state index in [1.54, 1.807) is 17.4 Å². The number of carbonyl (C=O) groups excluding carboxylic acids is 1. The van der Waals surface area contributed by atoms with Gasteiger partial charge in [-0.1, -0.05) is 6.07 Å². The zero-order valence-corrected chi connectivity index (χ0v) is 11.5. The number of ether oxygens (including phenoxy) is 1. The van der Waals surface area contributed by atoms with Crippen LogP contribution in [0.25, 0.3) is 0 Å². The van der Waals surface area contributed by atoms with Crippen molar-refractivity contribution in [2.75, 3.05) is 6.61 Å². The average Bonchev–Trinajstić information content (AvgIpc) is 2.84. The maximum Gasteiger partial charge on any atom is 0.153 e. The molecule has 0 amide bonds. The van der Waals surface area contributed by atoms with Crippen LogP contribution < -0.4 is 4.74 Å². The minimum Gasteiger partial charge on any atom is -0.491 e. The normalized spacial score (nSPS) is 10.2. The summed E-state index contributed by atoms with van der Waals surface area (Å²) in [5.74, 6) is 0.623. The van der Waals surface area contributed by atoms with Crippen molar-refractivity contribution < 1.29 is 9.53 Å². The molecule has 0 saturated carbocycles. The van der Waals surface area contributed by atoms with Gasteiger partial charge in [0, 0.05) is 6.42 Å². The fourth-order valence-electron chi connectivity index (χ4n) is 1.48. The Bertz CT molecular complexity index is 494. The standard InChI is InChI=1S/C13H11BrO2S/c14-12-3-1-2-11(8-15)13(12)16-6-4-10-5-7-17-9-10/h1-3,5,7-9H,4,6H2. The van der Waals surface area contributed by atoms with Crippen molar-refractivity contribution in [3.63, 3.8) is 0 Å². The number of para-hydroxylation sites is 1. The Morgan fingerprint density at radius 2 is 2.24 bits per heavy atom. The van der Waals surface area contributed by atoms with E-state index in [9.17, 15) is 4.79 Å². The van der Waals surface area contributed by atoms with Crippen LogP contribution in [-0.4, -0.2) is 12.9 Å². The molecule has 2 rings (SSSR count). The maximum absolute atomic E-state index is 10.9. The molecule has 4 heteroatoms. The zero-order valence-electron chi connectivity index (χ0n) is 9.06. The van der Waals surface area contributed by atoms with E-state index in [2.05, 4.69) is 27.4 Å². The molecule has 88 valence electrons. The summed E-state index contributed by atoms with van der Waals surface area (Å²) < 4.78 is 6.47. The van der Waals surface area contributed by atoms with Crippen molar-refractivity contribution in [3.8, 4) is 5.75 Å². The van der Waals surface area contributed by atoms with E-state index >= 15 is 0 Å². The first-order chi connectivity index (χ1) is 8.31. The minimum atomic E-state index is 0.570. The summed E-state index contributed by atoms with van der Waals surface area (Å²) in [6.45, 7) is 0.570.